The summed E-state index contributed by atoms with van der Waals surface area (Å²) in [4.78, 5) is 32.6. The highest BCUT2D eigenvalue weighted by Gasteiger charge is 2.28. The Kier molecular flexibility index (Phi) is 65.6. The first-order valence-electron chi connectivity index (χ1n) is 48.8. The zero-order valence-electron chi connectivity index (χ0n) is 74.4. The Labute approximate surface area is 728 Å². The minimum absolute atomic E-state index is 1.13. The van der Waals surface area contributed by atoms with Crippen LogP contribution in [0, 0.1) is 0 Å². The molecule has 0 fully saturated rings. The first kappa shape index (κ1) is 102. The lowest BCUT2D eigenvalue weighted by Gasteiger charge is -2.10. The summed E-state index contributed by atoms with van der Waals surface area (Å²) in [5, 5.41) is 0. The van der Waals surface area contributed by atoms with Gasteiger partial charge in [0.2, 0.25) is 0 Å². The molecule has 0 aliphatic carbocycles. The Morgan fingerprint density at radius 2 is 0.312 bits per heavy atom. The number of aromatic nitrogens is 4. The predicted molar refractivity (Wildman–Crippen MR) is 528 cm³/mol. The number of hydrogen-bond acceptors (Lipinski definition) is 10. The van der Waals surface area contributed by atoms with Gasteiger partial charge in [-0.25, -0.2) is 9.97 Å². The summed E-state index contributed by atoms with van der Waals surface area (Å²) in [6.07, 6.45) is 86.2. The number of thioether (sulfide) groups is 8. The Hall–Kier alpha value is -0.600. The average molecular weight is 1690 g/mol. The van der Waals surface area contributed by atoms with Crippen molar-refractivity contribution in [1.82, 2.24) is 19.9 Å². The zero-order valence-corrected chi connectivity index (χ0v) is 80.9. The Morgan fingerprint density at radius 1 is 0.170 bits per heavy atom. The van der Waals surface area contributed by atoms with Crippen molar-refractivity contribution >= 4 is 136 Å². The molecule has 0 aromatic carbocycles. The molecule has 0 atom stereocenters. The highest BCUT2D eigenvalue weighted by Crippen LogP contribution is 2.51. The van der Waals surface area contributed by atoms with Crippen molar-refractivity contribution in [3.05, 3.63) is 47.0 Å². The Bertz CT molecular complexity index is 2790. The second-order valence-corrected chi connectivity index (χ2v) is 42.3. The van der Waals surface area contributed by atoms with Gasteiger partial charge in [0.25, 0.3) is 0 Å². The summed E-state index contributed by atoms with van der Waals surface area (Å²) in [6.45, 7) is 18.8. The van der Waals surface area contributed by atoms with E-state index in [1.807, 2.05) is 0 Å². The lowest BCUT2D eigenvalue weighted by molar-refractivity contribution is 0.586. The van der Waals surface area contributed by atoms with Gasteiger partial charge in [-0.15, -0.1) is 94.1 Å². The van der Waals surface area contributed by atoms with E-state index < -0.39 is 0 Å². The third-order valence-corrected chi connectivity index (χ3v) is 33.0. The van der Waals surface area contributed by atoms with Crippen molar-refractivity contribution in [3.8, 4) is 0 Å². The fourth-order valence-electron chi connectivity index (χ4n) is 15.7. The van der Waals surface area contributed by atoms with Crippen LogP contribution in [0.5, 0.6) is 0 Å². The van der Waals surface area contributed by atoms with Crippen LogP contribution in [0.1, 0.15) is 489 Å². The standard InChI is InChI=1S/C100H174N4S8/c1-9-17-25-33-41-49-57-65-73-105-93-85-81-87-95(107-75-67-59-51-43-35-27-19-11-3)97(109-77-69-61-53-45-37-29-21-13-5)89(102-87)83-91-99(111-79-71-63-55-47-39-31-23-15-7)100(112-80-72-64-56-48-40-32-24-16-8)92(104-91)84-90-98(110-78-70-62-54-46-38-30-22-14-6)96(108-76-68-60-52-44-36-28-20-12-4)88(103-90)82-86(101-85)94(93)106-74-66-58-50-42-34-26-18-10-2/h81-84,101-102H,9-80H2,1-8H3. The molecule has 0 unspecified atom stereocenters. The molecular weight excluding hydrogens is 1510 g/mol. The number of nitrogens with one attached hydrogen (secondary N) is 2. The van der Waals surface area contributed by atoms with Crippen LogP contribution in [-0.4, -0.2) is 66.0 Å². The van der Waals surface area contributed by atoms with Crippen LogP contribution in [0.3, 0.4) is 0 Å². The molecule has 5 heterocycles. The molecule has 2 aliphatic rings. The lowest BCUT2D eigenvalue weighted by atomic mass is 10.1. The van der Waals surface area contributed by atoms with Gasteiger partial charge in [-0.2, -0.15) is 0 Å². The molecule has 0 amide bonds. The van der Waals surface area contributed by atoms with E-state index in [2.05, 4.69) is 184 Å². The molecule has 12 heteroatoms. The predicted octanol–water partition coefficient (Wildman–Crippen LogP) is 38.4. The van der Waals surface area contributed by atoms with E-state index >= 15 is 0 Å². The van der Waals surface area contributed by atoms with Gasteiger partial charge in [-0.3, -0.25) is 0 Å². The van der Waals surface area contributed by atoms with Gasteiger partial charge >= 0.3 is 0 Å². The highest BCUT2D eigenvalue weighted by atomic mass is 32.2. The van der Waals surface area contributed by atoms with E-state index in [1.165, 1.54) is 484 Å². The van der Waals surface area contributed by atoms with Gasteiger partial charge in [0.1, 0.15) is 0 Å². The van der Waals surface area contributed by atoms with Crippen LogP contribution in [-0.2, 0) is 0 Å². The van der Waals surface area contributed by atoms with Gasteiger partial charge in [-0.05, 0) is 122 Å². The maximum Gasteiger partial charge on any atom is 0.0807 e. The lowest BCUT2D eigenvalue weighted by Crippen LogP contribution is -1.89. The third-order valence-electron chi connectivity index (χ3n) is 22.8. The van der Waals surface area contributed by atoms with E-state index in [9.17, 15) is 0 Å². The average Bonchev–Trinajstić information content (AvgIpc) is 1.61. The first-order valence-corrected chi connectivity index (χ1v) is 56.7. The smallest absolute Gasteiger partial charge is 0.0807 e. The van der Waals surface area contributed by atoms with Crippen LogP contribution in [0.25, 0.3) is 41.7 Å². The van der Waals surface area contributed by atoms with E-state index in [1.54, 1.807) is 0 Å². The van der Waals surface area contributed by atoms with Gasteiger partial charge in [0.05, 0.1) is 44.8 Å². The largest absolute Gasteiger partial charge is 0.354 e. The summed E-state index contributed by atoms with van der Waals surface area (Å²) in [7, 11) is 0. The molecule has 2 N–H and O–H groups in total. The molecule has 0 saturated carbocycles. The van der Waals surface area contributed by atoms with Crippen molar-refractivity contribution in [3.63, 3.8) is 0 Å². The van der Waals surface area contributed by atoms with E-state index in [0.29, 0.717) is 0 Å². The topological polar surface area (TPSA) is 57.4 Å². The summed E-state index contributed by atoms with van der Waals surface area (Å²) in [5.41, 5.74) is 9.86. The summed E-state index contributed by atoms with van der Waals surface area (Å²) in [6, 6.07) is 10.4. The molecule has 0 radical (unpaired) electrons. The Morgan fingerprint density at radius 3 is 0.491 bits per heavy atom. The monoisotopic (exact) mass is 1690 g/mol. The van der Waals surface area contributed by atoms with E-state index in [-0.39, 0.29) is 0 Å². The van der Waals surface area contributed by atoms with E-state index in [4.69, 9.17) is 9.97 Å². The van der Waals surface area contributed by atoms with E-state index in [0.717, 1.165) is 57.4 Å². The second kappa shape index (κ2) is 72.1. The van der Waals surface area contributed by atoms with Crippen molar-refractivity contribution < 1.29 is 0 Å². The van der Waals surface area contributed by atoms with Crippen molar-refractivity contribution in [2.24, 2.45) is 0 Å². The van der Waals surface area contributed by atoms with Gasteiger partial charge in [-0.1, -0.05) is 415 Å². The number of fused-ring (bicyclic) bond motifs is 8. The molecule has 5 rings (SSSR count). The molecule has 642 valence electrons. The van der Waals surface area contributed by atoms with Gasteiger partial charge in [0.15, 0.2) is 0 Å². The van der Waals surface area contributed by atoms with Crippen LogP contribution < -0.4 is 0 Å². The molecular formula is C100H174N4S8. The van der Waals surface area contributed by atoms with Crippen molar-refractivity contribution in [2.75, 3.05) is 46.0 Å². The fraction of sp³-hybridized carbons (Fsp3) is 0.800. The van der Waals surface area contributed by atoms with Gasteiger partial charge < -0.3 is 9.97 Å². The summed E-state index contributed by atoms with van der Waals surface area (Å²) >= 11 is 17.3. The maximum absolute atomic E-state index is 6.12. The van der Waals surface area contributed by atoms with Crippen LogP contribution >= 0.6 is 94.1 Å². The maximum atomic E-state index is 6.12. The summed E-state index contributed by atoms with van der Waals surface area (Å²) in [5.74, 6) is 9.14. The molecule has 8 bridgehead atoms. The number of unbranched alkanes of at least 4 members (excludes halogenated alkanes) is 56. The molecule has 2 aliphatic heterocycles. The molecule has 3 aromatic heterocycles. The molecule has 0 saturated heterocycles. The van der Waals surface area contributed by atoms with Crippen LogP contribution in [0.2, 0.25) is 0 Å². The fourth-order valence-corrected chi connectivity index (χ4v) is 25.5. The Balaban J connectivity index is 1.87. The zero-order chi connectivity index (χ0) is 79.5. The molecule has 3 aromatic rings. The minimum atomic E-state index is 1.13. The first-order chi connectivity index (χ1) is 55.5. The molecule has 0 spiro atoms. The SMILES string of the molecule is CCCCCCCCCCSC1=C(SCCCCCCCCCC)c2cc3[nH]c(cc4[nH]c(cc5nc(cc1n2)C(SCCCCCCCCCC)=C5SCCCCCCCCCC)c(SCCCCCCCCCC)c4SCCCCCCCCCC)c(SCCCCCCCCCC)c3SCCCCCCCCCC. The molecule has 4 nitrogen and oxygen atoms in total. The normalized spacial score (nSPS) is 12.6. The van der Waals surface area contributed by atoms with Crippen molar-refractivity contribution in [2.45, 2.75) is 486 Å². The third kappa shape index (κ3) is 45.9. The van der Waals surface area contributed by atoms with Crippen molar-refractivity contribution in [1.29, 1.82) is 0 Å². The number of rotatable bonds is 80. The van der Waals surface area contributed by atoms with Crippen LogP contribution in [0.15, 0.2) is 43.8 Å². The quantitative estimate of drug-likeness (QED) is 0.0422. The highest BCUT2D eigenvalue weighted by molar-refractivity contribution is 8.14. The number of H-pyrrole nitrogens is 2. The van der Waals surface area contributed by atoms with Gasteiger partial charge in [0, 0.05) is 39.2 Å². The molecule has 112 heavy (non-hydrogen) atoms. The number of aromatic amines is 2. The number of hydrogen-bond donors (Lipinski definition) is 2. The second-order valence-electron chi connectivity index (χ2n) is 33.5. The summed E-state index contributed by atoms with van der Waals surface area (Å²) < 4.78 is 0. The number of nitrogens with zero attached hydrogens (tertiary/aromatic N) is 2. The minimum Gasteiger partial charge on any atom is -0.354 e. The van der Waals surface area contributed by atoms with Crippen LogP contribution in [0.4, 0.5) is 0 Å².